The van der Waals surface area contributed by atoms with E-state index in [9.17, 15) is 19.3 Å². The first-order valence-corrected chi connectivity index (χ1v) is 10.4. The third-order valence-electron chi connectivity index (χ3n) is 5.23. The van der Waals surface area contributed by atoms with Crippen LogP contribution in [-0.2, 0) is 11.3 Å². The number of anilines is 1. The number of rotatable bonds is 8. The van der Waals surface area contributed by atoms with E-state index in [0.29, 0.717) is 17.9 Å². The Morgan fingerprint density at radius 1 is 1.00 bits per heavy atom. The topological polar surface area (TPSA) is 72.7 Å². The number of nitro groups is 1. The average molecular weight is 444 g/mol. The van der Waals surface area contributed by atoms with Crippen LogP contribution in [0.2, 0.25) is 0 Å². The molecule has 1 heterocycles. The first kappa shape index (κ1) is 22.0. The van der Waals surface area contributed by atoms with Crippen LogP contribution in [0.5, 0.6) is 5.75 Å². The second-order valence-electron chi connectivity index (χ2n) is 7.38. The van der Waals surface area contributed by atoms with Gasteiger partial charge in [0.15, 0.2) is 0 Å². The molecule has 0 bridgehead atoms. The number of halogens is 1. The summed E-state index contributed by atoms with van der Waals surface area (Å²) in [4.78, 5) is 25.3. The van der Waals surface area contributed by atoms with Gasteiger partial charge in [0.05, 0.1) is 17.2 Å². The highest BCUT2D eigenvalue weighted by Crippen LogP contribution is 2.37. The molecule has 0 fully saturated rings. The van der Waals surface area contributed by atoms with E-state index in [0.717, 1.165) is 22.4 Å². The summed E-state index contributed by atoms with van der Waals surface area (Å²) in [7, 11) is 0. The Labute approximate surface area is 190 Å². The lowest BCUT2D eigenvalue weighted by atomic mass is 10.1. The van der Waals surface area contributed by atoms with E-state index in [1.165, 1.54) is 12.1 Å². The van der Waals surface area contributed by atoms with Crippen LogP contribution in [0.3, 0.4) is 0 Å². The van der Waals surface area contributed by atoms with E-state index in [2.05, 4.69) is 0 Å². The smallest absolute Gasteiger partial charge is 0.269 e. The second kappa shape index (κ2) is 9.91. The fraction of sp³-hybridized carbons (Fsp3) is 0.115. The number of carbonyl (C=O) groups excluding carboxylic acids is 1. The molecular weight excluding hydrogens is 423 g/mol. The predicted molar refractivity (Wildman–Crippen MR) is 126 cm³/mol. The highest BCUT2D eigenvalue weighted by atomic mass is 19.1. The Kier molecular flexibility index (Phi) is 6.59. The number of allylic oxidation sites excluding steroid dienone is 2. The second-order valence-corrected chi connectivity index (χ2v) is 7.38. The third-order valence-corrected chi connectivity index (χ3v) is 5.23. The number of nitro benzene ring substituents is 1. The summed E-state index contributed by atoms with van der Waals surface area (Å²) >= 11 is 0. The maximum absolute atomic E-state index is 13.2. The summed E-state index contributed by atoms with van der Waals surface area (Å²) in [6.07, 6.45) is 5.33. The van der Waals surface area contributed by atoms with Gasteiger partial charge in [-0.15, -0.1) is 0 Å². The van der Waals surface area contributed by atoms with E-state index in [-0.39, 0.29) is 18.2 Å². The quantitative estimate of drug-likeness (QED) is 0.258. The monoisotopic (exact) mass is 444 g/mol. The zero-order valence-electron chi connectivity index (χ0n) is 17.7. The number of para-hydroxylation sites is 1. The van der Waals surface area contributed by atoms with Crippen molar-refractivity contribution >= 4 is 28.9 Å². The largest absolute Gasteiger partial charge is 0.491 e. The lowest BCUT2D eigenvalue weighted by Gasteiger charge is -2.17. The summed E-state index contributed by atoms with van der Waals surface area (Å²) in [6, 6.07) is 21.1. The molecule has 0 saturated carbocycles. The minimum absolute atomic E-state index is 0.0128. The minimum atomic E-state index is -0.547. The van der Waals surface area contributed by atoms with Crippen LogP contribution in [0.15, 0.2) is 84.9 Å². The summed E-state index contributed by atoms with van der Waals surface area (Å²) < 4.78 is 17.5. The number of amides is 1. The van der Waals surface area contributed by atoms with Crippen molar-refractivity contribution in [3.63, 3.8) is 0 Å². The van der Waals surface area contributed by atoms with Crippen molar-refractivity contribution in [1.29, 1.82) is 0 Å². The molecule has 1 aliphatic rings. The van der Waals surface area contributed by atoms with Gasteiger partial charge >= 0.3 is 0 Å². The summed E-state index contributed by atoms with van der Waals surface area (Å²) in [5.74, 6) is 0.476. The summed E-state index contributed by atoms with van der Waals surface area (Å²) in [6.45, 7) is -0.143. The van der Waals surface area contributed by atoms with Crippen LogP contribution in [0.4, 0.5) is 15.8 Å². The molecule has 7 heteroatoms. The number of ether oxygens (including phenoxy) is 1. The standard InChI is InChI=1S/C26H21FN2O4/c27-16-17-33-22-14-10-20(11-15-22)18-28-25-7-2-1-5-23(25)24(26(28)30)6-3-4-19-8-12-21(13-9-19)29(31)32/h1-15H,16-18H2/b4-3+,24-6-. The number of fused-ring (bicyclic) bond motifs is 1. The molecule has 0 N–H and O–H groups in total. The molecule has 6 nitrogen and oxygen atoms in total. The van der Waals surface area contributed by atoms with Crippen molar-refractivity contribution in [2.75, 3.05) is 18.2 Å². The molecule has 166 valence electrons. The van der Waals surface area contributed by atoms with Crippen molar-refractivity contribution < 1.29 is 18.8 Å². The highest BCUT2D eigenvalue weighted by Gasteiger charge is 2.31. The Morgan fingerprint density at radius 2 is 1.73 bits per heavy atom. The van der Waals surface area contributed by atoms with E-state index < -0.39 is 11.6 Å². The molecule has 0 unspecified atom stereocenters. The van der Waals surface area contributed by atoms with Crippen LogP contribution in [0.1, 0.15) is 16.7 Å². The van der Waals surface area contributed by atoms with Crippen molar-refractivity contribution in [2.45, 2.75) is 6.54 Å². The zero-order chi connectivity index (χ0) is 23.2. The molecule has 1 amide bonds. The van der Waals surface area contributed by atoms with Gasteiger partial charge in [-0.25, -0.2) is 4.39 Å². The van der Waals surface area contributed by atoms with Gasteiger partial charge in [-0.05, 0) is 47.5 Å². The summed E-state index contributed by atoms with van der Waals surface area (Å²) in [5, 5.41) is 10.8. The number of carbonyl (C=O) groups is 1. The van der Waals surface area contributed by atoms with E-state index in [4.69, 9.17) is 4.74 Å². The Morgan fingerprint density at radius 3 is 2.42 bits per heavy atom. The van der Waals surface area contributed by atoms with Gasteiger partial charge in [0.2, 0.25) is 0 Å². The highest BCUT2D eigenvalue weighted by molar-refractivity contribution is 6.32. The first-order valence-electron chi connectivity index (χ1n) is 10.4. The molecule has 0 spiro atoms. The molecule has 33 heavy (non-hydrogen) atoms. The predicted octanol–water partition coefficient (Wildman–Crippen LogP) is 5.59. The van der Waals surface area contributed by atoms with Crippen molar-refractivity contribution in [1.82, 2.24) is 0 Å². The van der Waals surface area contributed by atoms with Crippen molar-refractivity contribution in [3.05, 3.63) is 112 Å². The number of non-ortho nitro benzene ring substituents is 1. The number of alkyl halides is 1. The molecule has 3 aromatic rings. The van der Waals surface area contributed by atoms with Crippen LogP contribution >= 0.6 is 0 Å². The Balaban J connectivity index is 1.53. The number of hydrogen-bond acceptors (Lipinski definition) is 4. The molecule has 1 aliphatic heterocycles. The van der Waals surface area contributed by atoms with Gasteiger partial charge in [0.1, 0.15) is 19.0 Å². The van der Waals surface area contributed by atoms with Gasteiger partial charge in [-0.3, -0.25) is 14.9 Å². The molecule has 0 radical (unpaired) electrons. The number of benzene rings is 3. The molecule has 0 saturated heterocycles. The van der Waals surface area contributed by atoms with Gasteiger partial charge in [0.25, 0.3) is 11.6 Å². The number of nitrogens with zero attached hydrogens (tertiary/aromatic N) is 2. The Bertz CT molecular complexity index is 1220. The van der Waals surface area contributed by atoms with E-state index >= 15 is 0 Å². The van der Waals surface area contributed by atoms with Gasteiger partial charge < -0.3 is 9.64 Å². The van der Waals surface area contributed by atoms with Crippen LogP contribution in [0.25, 0.3) is 11.6 Å². The lowest BCUT2D eigenvalue weighted by molar-refractivity contribution is -0.384. The molecule has 3 aromatic carbocycles. The zero-order valence-corrected chi connectivity index (χ0v) is 17.7. The fourth-order valence-electron chi connectivity index (χ4n) is 3.62. The first-order chi connectivity index (χ1) is 16.1. The fourth-order valence-corrected chi connectivity index (χ4v) is 3.62. The normalized spacial score (nSPS) is 14.2. The molecule has 0 atom stereocenters. The third kappa shape index (κ3) is 4.98. The SMILES string of the molecule is O=C1/C(=C\C=C\c2ccc([N+](=O)[O-])cc2)c2ccccc2N1Cc1ccc(OCCF)cc1. The average Bonchev–Trinajstić information content (AvgIpc) is 3.10. The molecule has 4 rings (SSSR count). The van der Waals surface area contributed by atoms with Crippen molar-refractivity contribution in [3.8, 4) is 5.75 Å². The van der Waals surface area contributed by atoms with Gasteiger partial charge in [0, 0.05) is 23.3 Å². The Hall–Kier alpha value is -4.26. The summed E-state index contributed by atoms with van der Waals surface area (Å²) in [5.41, 5.74) is 4.00. The van der Waals surface area contributed by atoms with Crippen LogP contribution < -0.4 is 9.64 Å². The van der Waals surface area contributed by atoms with Gasteiger partial charge in [-0.1, -0.05) is 42.5 Å². The molecule has 0 aromatic heterocycles. The van der Waals surface area contributed by atoms with E-state index in [1.807, 2.05) is 36.4 Å². The van der Waals surface area contributed by atoms with E-state index in [1.54, 1.807) is 47.4 Å². The van der Waals surface area contributed by atoms with Crippen LogP contribution in [0, 0.1) is 10.1 Å². The van der Waals surface area contributed by atoms with Crippen molar-refractivity contribution in [2.24, 2.45) is 0 Å². The lowest BCUT2D eigenvalue weighted by Crippen LogP contribution is -2.25. The maximum Gasteiger partial charge on any atom is 0.269 e. The maximum atomic E-state index is 13.2. The van der Waals surface area contributed by atoms with Gasteiger partial charge in [-0.2, -0.15) is 0 Å². The minimum Gasteiger partial charge on any atom is -0.491 e. The number of hydrogen-bond donors (Lipinski definition) is 0. The van der Waals surface area contributed by atoms with Crippen LogP contribution in [-0.4, -0.2) is 24.1 Å². The molecule has 0 aliphatic carbocycles. The molecular formula is C26H21FN2O4.